The third-order valence-electron chi connectivity index (χ3n) is 4.94. The van der Waals surface area contributed by atoms with Crippen LogP contribution < -0.4 is 21.9 Å². The van der Waals surface area contributed by atoms with E-state index in [1.807, 2.05) is 6.07 Å². The number of anilines is 2. The van der Waals surface area contributed by atoms with Crippen molar-refractivity contribution in [3.8, 4) is 17.4 Å². The van der Waals surface area contributed by atoms with Crippen molar-refractivity contribution in [3.63, 3.8) is 0 Å². The fraction of sp³-hybridized carbons (Fsp3) is 0.0952. The first-order valence-electron chi connectivity index (χ1n) is 9.56. The van der Waals surface area contributed by atoms with Crippen LogP contribution in [-0.2, 0) is 16.4 Å². The molecule has 3 aromatic heterocycles. The van der Waals surface area contributed by atoms with Crippen molar-refractivity contribution in [2.45, 2.75) is 11.3 Å². The number of primary sulfonamides is 1. The van der Waals surface area contributed by atoms with Gasteiger partial charge in [-0.3, -0.25) is 4.79 Å². The highest BCUT2D eigenvalue weighted by Gasteiger charge is 2.25. The average Bonchev–Trinajstić information content (AvgIpc) is 3.41. The first kappa shape index (κ1) is 22.3. The molecule has 0 fully saturated rings. The molecular formula is C21H18N6O4S2. The van der Waals surface area contributed by atoms with Gasteiger partial charge in [-0.15, -0.1) is 11.3 Å². The van der Waals surface area contributed by atoms with Gasteiger partial charge in [0.25, 0.3) is 5.91 Å². The van der Waals surface area contributed by atoms with Gasteiger partial charge in [-0.1, -0.05) is 12.1 Å². The van der Waals surface area contributed by atoms with Gasteiger partial charge in [0.05, 0.1) is 22.4 Å². The third kappa shape index (κ3) is 4.24. The van der Waals surface area contributed by atoms with E-state index in [4.69, 9.17) is 21.0 Å². The number of amides is 1. The van der Waals surface area contributed by atoms with Crippen molar-refractivity contribution in [2.24, 2.45) is 5.14 Å². The summed E-state index contributed by atoms with van der Waals surface area (Å²) in [6, 6.07) is 11.5. The van der Waals surface area contributed by atoms with Gasteiger partial charge in [0.1, 0.15) is 32.9 Å². The Hall–Kier alpha value is -3.92. The molecule has 0 spiro atoms. The van der Waals surface area contributed by atoms with E-state index in [-0.39, 0.29) is 33.4 Å². The number of carbonyl (C=O) groups is 1. The number of pyridine rings is 1. The van der Waals surface area contributed by atoms with Crippen LogP contribution in [0.15, 0.2) is 52.0 Å². The molecule has 0 saturated heterocycles. The summed E-state index contributed by atoms with van der Waals surface area (Å²) in [7, 11) is -3.76. The van der Waals surface area contributed by atoms with Gasteiger partial charge in [-0.25, -0.2) is 18.5 Å². The predicted octanol–water partition coefficient (Wildman–Crippen LogP) is 2.21. The molecule has 12 heteroatoms. The molecule has 3 heterocycles. The molecule has 0 atom stereocenters. The largest absolute Gasteiger partial charge is 0.464 e. The van der Waals surface area contributed by atoms with Gasteiger partial charge in [-0.05, 0) is 36.2 Å². The monoisotopic (exact) mass is 482 g/mol. The fourth-order valence-corrected chi connectivity index (χ4v) is 4.91. The molecule has 1 aromatic carbocycles. The Morgan fingerprint density at radius 2 is 1.94 bits per heavy atom. The van der Waals surface area contributed by atoms with E-state index < -0.39 is 15.9 Å². The number of furan rings is 1. The molecule has 0 aliphatic rings. The topological polar surface area (TPSA) is 191 Å². The van der Waals surface area contributed by atoms with E-state index in [0.29, 0.717) is 28.0 Å². The van der Waals surface area contributed by atoms with Gasteiger partial charge in [-0.2, -0.15) is 5.26 Å². The number of benzene rings is 1. The maximum atomic E-state index is 12.8. The second-order valence-corrected chi connectivity index (χ2v) is 9.62. The van der Waals surface area contributed by atoms with Gasteiger partial charge >= 0.3 is 0 Å². The molecule has 4 rings (SSSR count). The molecule has 0 aliphatic carbocycles. The van der Waals surface area contributed by atoms with Crippen molar-refractivity contribution >= 4 is 49.0 Å². The zero-order valence-electron chi connectivity index (χ0n) is 17.0. The van der Waals surface area contributed by atoms with E-state index in [1.54, 1.807) is 24.3 Å². The van der Waals surface area contributed by atoms with Crippen molar-refractivity contribution in [1.29, 1.82) is 5.26 Å². The van der Waals surface area contributed by atoms with Crippen molar-refractivity contribution in [1.82, 2.24) is 10.3 Å². The smallest absolute Gasteiger partial charge is 0.263 e. The second kappa shape index (κ2) is 8.55. The van der Waals surface area contributed by atoms with Crippen LogP contribution in [0.25, 0.3) is 21.5 Å². The maximum Gasteiger partial charge on any atom is 0.263 e. The Bertz CT molecular complexity index is 1500. The number of hydrogen-bond donors (Lipinski definition) is 4. The number of thiophene rings is 1. The zero-order valence-corrected chi connectivity index (χ0v) is 18.7. The van der Waals surface area contributed by atoms with Crippen LogP contribution in [-0.4, -0.2) is 25.9 Å². The molecule has 0 radical (unpaired) electrons. The fourth-order valence-electron chi connectivity index (χ4n) is 3.37. The van der Waals surface area contributed by atoms with Crippen LogP contribution in [0.2, 0.25) is 0 Å². The van der Waals surface area contributed by atoms with Crippen molar-refractivity contribution < 1.29 is 17.6 Å². The molecule has 33 heavy (non-hydrogen) atoms. The quantitative estimate of drug-likeness (QED) is 0.321. The number of nitrogens with one attached hydrogen (secondary N) is 1. The summed E-state index contributed by atoms with van der Waals surface area (Å²) in [6.45, 7) is 0.283. The Morgan fingerprint density at radius 3 is 2.55 bits per heavy atom. The first-order chi connectivity index (χ1) is 15.7. The van der Waals surface area contributed by atoms with Gasteiger partial charge in [0.2, 0.25) is 10.0 Å². The van der Waals surface area contributed by atoms with E-state index >= 15 is 0 Å². The molecule has 7 N–H and O–H groups in total. The summed E-state index contributed by atoms with van der Waals surface area (Å²) >= 11 is 1.07. The lowest BCUT2D eigenvalue weighted by Gasteiger charge is -2.07. The maximum absolute atomic E-state index is 12.8. The predicted molar refractivity (Wildman–Crippen MR) is 125 cm³/mol. The van der Waals surface area contributed by atoms with E-state index in [0.717, 1.165) is 16.9 Å². The standard InChI is InChI=1S/C21H18N6O4S2/c22-10-13-15(14-2-1-9-31-14)16-17(23)18(32-21(16)27-19(13)24)20(28)26-8-7-11-3-5-12(6-4-11)33(25,29)30/h1-6,9H,7-8,23H2,(H2,24,27)(H,26,28)(H2,25,29,30). The van der Waals surface area contributed by atoms with Crippen molar-refractivity contribution in [3.05, 3.63) is 58.7 Å². The SMILES string of the molecule is N#Cc1c(N)nc2sc(C(=O)NCCc3ccc(S(N)(=O)=O)cc3)c(N)c2c1-c1ccco1. The summed E-state index contributed by atoms with van der Waals surface area (Å²) in [5, 5.41) is 17.9. The Balaban J connectivity index is 1.59. The summed E-state index contributed by atoms with van der Waals surface area (Å²) in [6.07, 6.45) is 1.92. The lowest BCUT2D eigenvalue weighted by atomic mass is 10.0. The van der Waals surface area contributed by atoms with Crippen LogP contribution in [0.1, 0.15) is 20.8 Å². The number of nitrogens with two attached hydrogens (primary N) is 3. The number of nitrogens with zero attached hydrogens (tertiary/aromatic N) is 2. The van der Waals surface area contributed by atoms with Crippen molar-refractivity contribution in [2.75, 3.05) is 18.0 Å². The van der Waals surface area contributed by atoms with Crippen LogP contribution in [0.4, 0.5) is 11.5 Å². The molecule has 1 amide bonds. The zero-order chi connectivity index (χ0) is 23.8. The average molecular weight is 483 g/mol. The number of nitriles is 1. The lowest BCUT2D eigenvalue weighted by molar-refractivity contribution is 0.0959. The summed E-state index contributed by atoms with van der Waals surface area (Å²) in [5.41, 5.74) is 13.8. The highest BCUT2D eigenvalue weighted by Crippen LogP contribution is 2.42. The normalized spacial score (nSPS) is 11.4. The first-order valence-corrected chi connectivity index (χ1v) is 11.9. The van der Waals surface area contributed by atoms with Gasteiger partial charge in [0, 0.05) is 11.9 Å². The van der Waals surface area contributed by atoms with Crippen LogP contribution in [0.5, 0.6) is 0 Å². The Kier molecular flexibility index (Phi) is 5.77. The number of hydrogen-bond acceptors (Lipinski definition) is 9. The summed E-state index contributed by atoms with van der Waals surface area (Å²) < 4.78 is 28.2. The number of fused-ring (bicyclic) bond motifs is 1. The second-order valence-electron chi connectivity index (χ2n) is 7.06. The number of rotatable bonds is 6. The Labute approximate surface area is 192 Å². The van der Waals surface area contributed by atoms with Gasteiger partial charge in [0.15, 0.2) is 0 Å². The number of aromatic nitrogens is 1. The molecule has 0 bridgehead atoms. The molecule has 0 unspecified atom stereocenters. The minimum atomic E-state index is -3.76. The Morgan fingerprint density at radius 1 is 1.21 bits per heavy atom. The molecule has 168 valence electrons. The van der Waals surface area contributed by atoms with E-state index in [2.05, 4.69) is 10.3 Å². The summed E-state index contributed by atoms with van der Waals surface area (Å²) in [4.78, 5) is 17.7. The molecule has 0 saturated carbocycles. The molecule has 4 aromatic rings. The highest BCUT2D eigenvalue weighted by molar-refractivity contribution is 7.89. The minimum absolute atomic E-state index is 0.0178. The number of carbonyl (C=O) groups excluding carboxylic acids is 1. The molecule has 10 nitrogen and oxygen atoms in total. The van der Waals surface area contributed by atoms with Crippen LogP contribution >= 0.6 is 11.3 Å². The van der Waals surface area contributed by atoms with Crippen LogP contribution in [0, 0.1) is 11.3 Å². The molecular weight excluding hydrogens is 464 g/mol. The van der Waals surface area contributed by atoms with E-state index in [9.17, 15) is 18.5 Å². The third-order valence-corrected chi connectivity index (χ3v) is 6.97. The number of sulfonamides is 1. The lowest BCUT2D eigenvalue weighted by Crippen LogP contribution is -2.25. The minimum Gasteiger partial charge on any atom is -0.464 e. The molecule has 0 aliphatic heterocycles. The summed E-state index contributed by atoms with van der Waals surface area (Å²) in [5.74, 6) is 0.0109. The number of nitrogen functional groups attached to an aromatic ring is 2. The highest BCUT2D eigenvalue weighted by atomic mass is 32.2. The van der Waals surface area contributed by atoms with Crippen LogP contribution in [0.3, 0.4) is 0 Å². The van der Waals surface area contributed by atoms with Gasteiger partial charge < -0.3 is 21.2 Å². The van der Waals surface area contributed by atoms with E-state index in [1.165, 1.54) is 18.4 Å².